The molecule has 0 spiro atoms. The number of rotatable bonds is 2. The lowest BCUT2D eigenvalue weighted by atomic mass is 9.93. The highest BCUT2D eigenvalue weighted by Crippen LogP contribution is 2.33. The Hall–Kier alpha value is -0.220. The summed E-state index contributed by atoms with van der Waals surface area (Å²) in [5, 5.41) is 8.82. The first-order chi connectivity index (χ1) is 5.97. The van der Waals surface area contributed by atoms with Crippen LogP contribution in [-0.4, -0.2) is 41.7 Å². The predicted octanol–water partition coefficient (Wildman–Crippen LogP) is 1.34. The molecule has 1 unspecified atom stereocenters. The van der Waals surface area contributed by atoms with Crippen LogP contribution in [0.2, 0.25) is 0 Å². The molecular weight excluding hydrogens is 176 g/mol. The van der Waals surface area contributed by atoms with E-state index in [1.807, 2.05) is 18.7 Å². The molecule has 0 saturated carbocycles. The zero-order valence-electron chi connectivity index (χ0n) is 8.13. The van der Waals surface area contributed by atoms with E-state index in [4.69, 9.17) is 5.11 Å². The van der Waals surface area contributed by atoms with Crippen LogP contribution in [0.15, 0.2) is 0 Å². The van der Waals surface area contributed by atoms with Gasteiger partial charge in [0.05, 0.1) is 12.5 Å². The summed E-state index contributed by atoms with van der Waals surface area (Å²) >= 11 is 0. The number of halogens is 2. The summed E-state index contributed by atoms with van der Waals surface area (Å²) in [5.74, 6) is -3.57. The van der Waals surface area contributed by atoms with Crippen LogP contribution < -0.4 is 0 Å². The van der Waals surface area contributed by atoms with E-state index in [1.165, 1.54) is 0 Å². The molecule has 2 nitrogen and oxygen atoms in total. The number of alkyl halides is 2. The van der Waals surface area contributed by atoms with Crippen molar-refractivity contribution in [3.8, 4) is 0 Å². The molecule has 1 atom stereocenters. The topological polar surface area (TPSA) is 23.5 Å². The van der Waals surface area contributed by atoms with Gasteiger partial charge in [-0.25, -0.2) is 8.78 Å². The van der Waals surface area contributed by atoms with E-state index in [9.17, 15) is 8.78 Å². The van der Waals surface area contributed by atoms with E-state index in [0.29, 0.717) is 13.1 Å². The second-order valence-corrected chi connectivity index (χ2v) is 3.98. The fraction of sp³-hybridized carbons (Fsp3) is 1.00. The van der Waals surface area contributed by atoms with Crippen LogP contribution in [0.1, 0.15) is 20.3 Å². The summed E-state index contributed by atoms with van der Waals surface area (Å²) < 4.78 is 26.2. The lowest BCUT2D eigenvalue weighted by Gasteiger charge is -2.39. The molecule has 1 aliphatic rings. The van der Waals surface area contributed by atoms with Gasteiger partial charge in [-0.2, -0.15) is 0 Å². The summed E-state index contributed by atoms with van der Waals surface area (Å²) in [5.41, 5.74) is 0. The highest BCUT2D eigenvalue weighted by atomic mass is 19.3. The number of nitrogens with zero attached hydrogens (tertiary/aromatic N) is 1. The molecular formula is C9H17F2NO. The van der Waals surface area contributed by atoms with Gasteiger partial charge in [-0.15, -0.1) is 0 Å². The van der Waals surface area contributed by atoms with E-state index in [1.54, 1.807) is 0 Å². The largest absolute Gasteiger partial charge is 0.396 e. The minimum atomic E-state index is -2.68. The van der Waals surface area contributed by atoms with Gasteiger partial charge in [-0.1, -0.05) is 0 Å². The Kier molecular flexibility index (Phi) is 3.24. The molecule has 0 amide bonds. The van der Waals surface area contributed by atoms with Crippen LogP contribution >= 0.6 is 0 Å². The lowest BCUT2D eigenvalue weighted by Crippen LogP contribution is -2.50. The molecule has 0 aliphatic carbocycles. The van der Waals surface area contributed by atoms with Gasteiger partial charge in [0.2, 0.25) is 0 Å². The first kappa shape index (κ1) is 10.9. The third-order valence-electron chi connectivity index (χ3n) is 2.74. The Morgan fingerprint density at radius 1 is 1.54 bits per heavy atom. The quantitative estimate of drug-likeness (QED) is 0.715. The summed E-state index contributed by atoms with van der Waals surface area (Å²) in [6.45, 7) is 4.29. The predicted molar refractivity (Wildman–Crippen MR) is 46.8 cm³/mol. The normalized spacial score (nSPS) is 29.5. The van der Waals surface area contributed by atoms with Gasteiger partial charge in [-0.05, 0) is 13.8 Å². The van der Waals surface area contributed by atoms with E-state index in [0.717, 1.165) is 0 Å². The van der Waals surface area contributed by atoms with Gasteiger partial charge in [0.15, 0.2) is 0 Å². The molecule has 13 heavy (non-hydrogen) atoms. The van der Waals surface area contributed by atoms with Crippen molar-refractivity contribution in [3.05, 3.63) is 0 Å². The van der Waals surface area contributed by atoms with Gasteiger partial charge in [-0.3, -0.25) is 0 Å². The first-order valence-corrected chi connectivity index (χ1v) is 4.70. The number of hydrogen-bond acceptors (Lipinski definition) is 2. The average molecular weight is 193 g/mol. The monoisotopic (exact) mass is 193 g/mol. The Morgan fingerprint density at radius 3 is 2.62 bits per heavy atom. The van der Waals surface area contributed by atoms with Crippen LogP contribution in [0.25, 0.3) is 0 Å². The van der Waals surface area contributed by atoms with Crippen molar-refractivity contribution in [2.75, 3.05) is 19.7 Å². The van der Waals surface area contributed by atoms with E-state index < -0.39 is 18.4 Å². The molecule has 0 aromatic rings. The minimum absolute atomic E-state index is 0.129. The highest BCUT2D eigenvalue weighted by molar-refractivity contribution is 4.86. The van der Waals surface area contributed by atoms with Crippen LogP contribution in [0.3, 0.4) is 0 Å². The molecule has 1 fully saturated rings. The SMILES string of the molecule is CC(C)N1CCC(F)(F)C(CO)C1. The van der Waals surface area contributed by atoms with Crippen molar-refractivity contribution in [1.29, 1.82) is 0 Å². The molecule has 0 radical (unpaired) electrons. The van der Waals surface area contributed by atoms with E-state index in [2.05, 4.69) is 0 Å². The summed E-state index contributed by atoms with van der Waals surface area (Å²) in [6, 6.07) is 0.283. The second-order valence-electron chi connectivity index (χ2n) is 3.98. The molecule has 1 rings (SSSR count). The van der Waals surface area contributed by atoms with Gasteiger partial charge < -0.3 is 10.0 Å². The summed E-state index contributed by atoms with van der Waals surface area (Å²) in [4.78, 5) is 1.98. The molecule has 0 bridgehead atoms. The zero-order chi connectivity index (χ0) is 10.1. The Balaban J connectivity index is 2.58. The Morgan fingerprint density at radius 2 is 2.15 bits per heavy atom. The smallest absolute Gasteiger partial charge is 0.255 e. The molecule has 1 aliphatic heterocycles. The van der Waals surface area contributed by atoms with Gasteiger partial charge in [0, 0.05) is 25.6 Å². The number of likely N-dealkylation sites (tertiary alicyclic amines) is 1. The maximum atomic E-state index is 13.1. The van der Waals surface area contributed by atoms with E-state index >= 15 is 0 Å². The van der Waals surface area contributed by atoms with Gasteiger partial charge in [0.1, 0.15) is 0 Å². The average Bonchev–Trinajstić information content (AvgIpc) is 2.03. The number of aliphatic hydroxyl groups is 1. The molecule has 78 valence electrons. The lowest BCUT2D eigenvalue weighted by molar-refractivity contribution is -0.124. The second kappa shape index (κ2) is 3.88. The number of piperidine rings is 1. The molecule has 0 aromatic carbocycles. The van der Waals surface area contributed by atoms with Crippen LogP contribution in [-0.2, 0) is 0 Å². The van der Waals surface area contributed by atoms with Crippen LogP contribution in [0, 0.1) is 5.92 Å². The van der Waals surface area contributed by atoms with Crippen LogP contribution in [0.4, 0.5) is 8.78 Å². The molecule has 0 aromatic heterocycles. The Labute approximate surface area is 77.5 Å². The standard InChI is InChI=1S/C9H17F2NO/c1-7(2)12-4-3-9(10,11)8(5-12)6-13/h7-8,13H,3-6H2,1-2H3. The number of aliphatic hydroxyl groups excluding tert-OH is 1. The maximum Gasteiger partial charge on any atom is 0.255 e. The van der Waals surface area contributed by atoms with Crippen molar-refractivity contribution in [1.82, 2.24) is 4.90 Å². The van der Waals surface area contributed by atoms with E-state index in [-0.39, 0.29) is 12.5 Å². The fourth-order valence-corrected chi connectivity index (χ4v) is 1.67. The Bertz CT molecular complexity index is 173. The fourth-order valence-electron chi connectivity index (χ4n) is 1.67. The minimum Gasteiger partial charge on any atom is -0.396 e. The van der Waals surface area contributed by atoms with Crippen LogP contribution in [0.5, 0.6) is 0 Å². The molecule has 4 heteroatoms. The maximum absolute atomic E-state index is 13.1. The third-order valence-corrected chi connectivity index (χ3v) is 2.74. The van der Waals surface area contributed by atoms with Gasteiger partial charge in [0.25, 0.3) is 5.92 Å². The van der Waals surface area contributed by atoms with Crippen molar-refractivity contribution < 1.29 is 13.9 Å². The summed E-state index contributed by atoms with van der Waals surface area (Å²) in [7, 11) is 0. The molecule has 1 saturated heterocycles. The summed E-state index contributed by atoms with van der Waals surface area (Å²) in [6.07, 6.45) is -0.129. The van der Waals surface area contributed by atoms with Gasteiger partial charge >= 0.3 is 0 Å². The molecule has 1 heterocycles. The third kappa shape index (κ3) is 2.38. The van der Waals surface area contributed by atoms with Crippen molar-refractivity contribution in [2.45, 2.75) is 32.2 Å². The number of hydrogen-bond donors (Lipinski definition) is 1. The van der Waals surface area contributed by atoms with Crippen molar-refractivity contribution >= 4 is 0 Å². The zero-order valence-corrected chi connectivity index (χ0v) is 8.13. The highest BCUT2D eigenvalue weighted by Gasteiger charge is 2.43. The van der Waals surface area contributed by atoms with Crippen molar-refractivity contribution in [2.24, 2.45) is 5.92 Å². The first-order valence-electron chi connectivity index (χ1n) is 4.70. The molecule has 1 N–H and O–H groups in total. The van der Waals surface area contributed by atoms with Crippen molar-refractivity contribution in [3.63, 3.8) is 0 Å².